The smallest absolute Gasteiger partial charge is 0.254 e. The predicted octanol–water partition coefficient (Wildman–Crippen LogP) is 4.59. The van der Waals surface area contributed by atoms with Gasteiger partial charge < -0.3 is 5.11 Å². The van der Waals surface area contributed by atoms with Gasteiger partial charge in [0.2, 0.25) is 0 Å². The van der Waals surface area contributed by atoms with Crippen molar-refractivity contribution in [3.63, 3.8) is 0 Å². The van der Waals surface area contributed by atoms with Crippen LogP contribution in [0.4, 0.5) is 13.2 Å². The molecule has 0 amide bonds. The molecule has 1 aromatic heterocycles. The first-order chi connectivity index (χ1) is 10.4. The van der Waals surface area contributed by atoms with Crippen LogP contribution in [0.15, 0.2) is 18.3 Å². The summed E-state index contributed by atoms with van der Waals surface area (Å²) in [5, 5.41) is 18.5. The molecule has 1 aliphatic rings. The molecular formula is C16H18ClF3N2O. The van der Waals surface area contributed by atoms with Crippen molar-refractivity contribution >= 4 is 22.5 Å². The average molecular weight is 347 g/mol. The van der Waals surface area contributed by atoms with Crippen LogP contribution in [0.3, 0.4) is 0 Å². The van der Waals surface area contributed by atoms with E-state index in [0.717, 1.165) is 13.8 Å². The fourth-order valence-corrected chi connectivity index (χ4v) is 4.00. The normalized spacial score (nSPS) is 28.9. The van der Waals surface area contributed by atoms with Gasteiger partial charge in [-0.3, -0.25) is 5.10 Å². The summed E-state index contributed by atoms with van der Waals surface area (Å²) in [5.41, 5.74) is -4.73. The monoisotopic (exact) mass is 346 g/mol. The Morgan fingerprint density at radius 2 is 1.83 bits per heavy atom. The first-order valence-electron chi connectivity index (χ1n) is 7.32. The van der Waals surface area contributed by atoms with E-state index in [-0.39, 0.29) is 12.8 Å². The summed E-state index contributed by atoms with van der Waals surface area (Å²) in [6, 6.07) is 3.18. The number of fused-ring (bicyclic) bond motifs is 1. The molecule has 0 aliphatic heterocycles. The fraction of sp³-hybridized carbons (Fsp3) is 0.562. The molecule has 0 saturated heterocycles. The molecule has 1 heterocycles. The molecule has 3 rings (SSSR count). The summed E-state index contributed by atoms with van der Waals surface area (Å²) in [6.07, 6.45) is 0.760. The molecule has 0 unspecified atom stereocenters. The summed E-state index contributed by atoms with van der Waals surface area (Å²) in [5.74, 6) is -3.26. The molecule has 23 heavy (non-hydrogen) atoms. The van der Waals surface area contributed by atoms with Crippen LogP contribution < -0.4 is 0 Å². The lowest BCUT2D eigenvalue weighted by Crippen LogP contribution is -2.65. The van der Waals surface area contributed by atoms with Crippen LogP contribution in [0.5, 0.6) is 0 Å². The highest BCUT2D eigenvalue weighted by atomic mass is 35.5. The minimum Gasteiger partial charge on any atom is -0.385 e. The van der Waals surface area contributed by atoms with Crippen LogP contribution in [0.2, 0.25) is 5.02 Å². The first-order valence-corrected chi connectivity index (χ1v) is 7.70. The van der Waals surface area contributed by atoms with Crippen molar-refractivity contribution in [1.82, 2.24) is 10.2 Å². The number of nitrogens with one attached hydrogen (secondary N) is 1. The van der Waals surface area contributed by atoms with Gasteiger partial charge in [0.1, 0.15) is 5.67 Å². The summed E-state index contributed by atoms with van der Waals surface area (Å²) in [7, 11) is 0. The Morgan fingerprint density at radius 3 is 2.35 bits per heavy atom. The minimum absolute atomic E-state index is 0.364. The van der Waals surface area contributed by atoms with Crippen molar-refractivity contribution in [3.8, 4) is 0 Å². The number of hydrogen-bond acceptors (Lipinski definition) is 2. The van der Waals surface area contributed by atoms with Gasteiger partial charge in [-0.2, -0.15) is 5.10 Å². The number of aromatic nitrogens is 2. The average Bonchev–Trinajstić information content (AvgIpc) is 2.78. The van der Waals surface area contributed by atoms with Gasteiger partial charge >= 0.3 is 0 Å². The predicted molar refractivity (Wildman–Crippen MR) is 82.5 cm³/mol. The van der Waals surface area contributed by atoms with Gasteiger partial charge in [0.05, 0.1) is 22.7 Å². The van der Waals surface area contributed by atoms with Crippen molar-refractivity contribution in [2.45, 2.75) is 50.8 Å². The number of hydrogen-bond donors (Lipinski definition) is 2. The molecule has 1 saturated carbocycles. The Labute approximate surface area is 136 Å². The summed E-state index contributed by atoms with van der Waals surface area (Å²) < 4.78 is 42.8. The second-order valence-corrected chi connectivity index (χ2v) is 7.55. The van der Waals surface area contributed by atoms with Gasteiger partial charge in [-0.15, -0.1) is 0 Å². The Kier molecular flexibility index (Phi) is 3.34. The second-order valence-electron chi connectivity index (χ2n) is 7.12. The van der Waals surface area contributed by atoms with Crippen LogP contribution in [-0.2, 0) is 5.60 Å². The fourth-order valence-electron chi connectivity index (χ4n) is 3.78. The molecule has 0 bridgehead atoms. The van der Waals surface area contributed by atoms with Crippen LogP contribution in [0.25, 0.3) is 10.9 Å². The SMILES string of the molecule is CC(C)(F)C1(C(C)(F)F)CC(O)(c2cc(Cl)cc3cn[nH]c23)C1. The van der Waals surface area contributed by atoms with E-state index in [1.807, 2.05) is 0 Å². The molecule has 2 aromatic rings. The third-order valence-corrected chi connectivity index (χ3v) is 5.40. The van der Waals surface area contributed by atoms with Crippen molar-refractivity contribution in [3.05, 3.63) is 28.9 Å². The molecule has 1 aliphatic carbocycles. The number of aliphatic hydroxyl groups is 1. The van der Waals surface area contributed by atoms with Gasteiger partial charge in [-0.05, 0) is 38.8 Å². The molecule has 3 nitrogen and oxygen atoms in total. The largest absolute Gasteiger partial charge is 0.385 e. The third-order valence-electron chi connectivity index (χ3n) is 5.18. The topological polar surface area (TPSA) is 48.9 Å². The molecule has 0 radical (unpaired) electrons. The quantitative estimate of drug-likeness (QED) is 0.854. The number of nitrogens with zero attached hydrogens (tertiary/aromatic N) is 1. The van der Waals surface area contributed by atoms with E-state index in [1.165, 1.54) is 12.3 Å². The molecule has 7 heteroatoms. The summed E-state index contributed by atoms with van der Waals surface area (Å²) >= 11 is 6.04. The van der Waals surface area contributed by atoms with Gasteiger partial charge in [0.25, 0.3) is 5.92 Å². The highest BCUT2D eigenvalue weighted by Crippen LogP contribution is 2.67. The lowest BCUT2D eigenvalue weighted by molar-refractivity contribution is -0.282. The zero-order valence-electron chi connectivity index (χ0n) is 13.1. The molecule has 2 N–H and O–H groups in total. The number of alkyl halides is 3. The summed E-state index contributed by atoms with van der Waals surface area (Å²) in [6.45, 7) is 2.97. The van der Waals surface area contributed by atoms with Crippen molar-refractivity contribution in [2.24, 2.45) is 5.41 Å². The Hall–Kier alpha value is -1.27. The Balaban J connectivity index is 2.07. The van der Waals surface area contributed by atoms with E-state index in [9.17, 15) is 18.3 Å². The van der Waals surface area contributed by atoms with Gasteiger partial charge in [0, 0.05) is 22.9 Å². The van der Waals surface area contributed by atoms with Crippen LogP contribution in [0.1, 0.15) is 39.2 Å². The van der Waals surface area contributed by atoms with E-state index < -0.39 is 22.6 Å². The maximum atomic E-state index is 14.5. The van der Waals surface area contributed by atoms with Crippen LogP contribution in [0, 0.1) is 5.41 Å². The number of halogens is 4. The second kappa shape index (κ2) is 4.63. The zero-order valence-corrected chi connectivity index (χ0v) is 13.8. The highest BCUT2D eigenvalue weighted by molar-refractivity contribution is 6.31. The van der Waals surface area contributed by atoms with E-state index in [4.69, 9.17) is 11.6 Å². The third kappa shape index (κ3) is 2.26. The zero-order chi connectivity index (χ0) is 17.3. The maximum absolute atomic E-state index is 14.5. The van der Waals surface area contributed by atoms with Gasteiger partial charge in [0.15, 0.2) is 0 Å². The van der Waals surface area contributed by atoms with Crippen molar-refractivity contribution < 1.29 is 18.3 Å². The number of rotatable bonds is 3. The molecule has 1 fully saturated rings. The van der Waals surface area contributed by atoms with Crippen molar-refractivity contribution in [1.29, 1.82) is 0 Å². The molecule has 1 aromatic carbocycles. The van der Waals surface area contributed by atoms with Gasteiger partial charge in [-0.1, -0.05) is 11.6 Å². The van der Waals surface area contributed by atoms with Crippen LogP contribution >= 0.6 is 11.6 Å². The van der Waals surface area contributed by atoms with E-state index in [0.29, 0.717) is 28.4 Å². The number of benzene rings is 1. The number of aromatic amines is 1. The number of H-pyrrole nitrogens is 1. The maximum Gasteiger partial charge on any atom is 0.254 e. The Bertz CT molecular complexity index is 739. The van der Waals surface area contributed by atoms with E-state index in [2.05, 4.69) is 10.2 Å². The summed E-state index contributed by atoms with van der Waals surface area (Å²) in [4.78, 5) is 0. The molecule has 0 atom stereocenters. The van der Waals surface area contributed by atoms with Crippen molar-refractivity contribution in [2.75, 3.05) is 0 Å². The lowest BCUT2D eigenvalue weighted by atomic mass is 9.49. The molecular weight excluding hydrogens is 329 g/mol. The van der Waals surface area contributed by atoms with Gasteiger partial charge in [-0.25, -0.2) is 13.2 Å². The highest BCUT2D eigenvalue weighted by Gasteiger charge is 2.71. The molecule has 0 spiro atoms. The Morgan fingerprint density at radius 1 is 1.22 bits per heavy atom. The van der Waals surface area contributed by atoms with Crippen LogP contribution in [-0.4, -0.2) is 26.9 Å². The lowest BCUT2D eigenvalue weighted by Gasteiger charge is -2.60. The minimum atomic E-state index is -3.26. The molecule has 126 valence electrons. The first kappa shape index (κ1) is 16.6. The van der Waals surface area contributed by atoms with E-state index >= 15 is 0 Å². The van der Waals surface area contributed by atoms with E-state index in [1.54, 1.807) is 6.07 Å². The standard InChI is InChI=1S/C16H18ClF3N2O/c1-13(2,18)16(14(3,19)20)7-15(23,8-16)11-5-10(17)4-9-6-21-22-12(9)11/h4-6,23H,7-8H2,1-3H3,(H,21,22).